The first-order chi connectivity index (χ1) is 12.0. The molecule has 0 bridgehead atoms. The van der Waals surface area contributed by atoms with Gasteiger partial charge in [0.05, 0.1) is 18.4 Å². The second-order valence-corrected chi connectivity index (χ2v) is 7.85. The summed E-state index contributed by atoms with van der Waals surface area (Å²) < 4.78 is 49.3. The maximum atomic E-state index is 12.7. The molecule has 0 saturated carbocycles. The van der Waals surface area contributed by atoms with Crippen LogP contribution in [0.2, 0.25) is 0 Å². The SMILES string of the molecule is CC(C)(C)OC(=O)N1CCC2(CC(c3ccc(C(F)(F)F)cc3)=CO2)C1. The lowest BCUT2D eigenvalue weighted by molar-refractivity contribution is -0.137. The molecule has 2 aliphatic heterocycles. The monoisotopic (exact) mass is 369 g/mol. The molecule has 1 aromatic carbocycles. The summed E-state index contributed by atoms with van der Waals surface area (Å²) in [6.45, 7) is 6.37. The molecule has 0 radical (unpaired) electrons. The van der Waals surface area contributed by atoms with Gasteiger partial charge >= 0.3 is 12.3 Å². The summed E-state index contributed by atoms with van der Waals surface area (Å²) in [5.74, 6) is 0. The van der Waals surface area contributed by atoms with Crippen LogP contribution in [0.25, 0.3) is 5.57 Å². The third-order valence-corrected chi connectivity index (χ3v) is 4.51. The van der Waals surface area contributed by atoms with Gasteiger partial charge in [0.15, 0.2) is 0 Å². The normalized spacial score (nSPS) is 23.2. The highest BCUT2D eigenvalue weighted by Gasteiger charge is 2.46. The molecule has 1 aromatic rings. The van der Waals surface area contributed by atoms with Crippen LogP contribution < -0.4 is 0 Å². The van der Waals surface area contributed by atoms with E-state index in [4.69, 9.17) is 9.47 Å². The third kappa shape index (κ3) is 3.97. The van der Waals surface area contributed by atoms with Crippen LogP contribution in [0.4, 0.5) is 18.0 Å². The van der Waals surface area contributed by atoms with Gasteiger partial charge in [0, 0.05) is 19.4 Å². The van der Waals surface area contributed by atoms with Crippen LogP contribution in [-0.4, -0.2) is 35.3 Å². The fourth-order valence-electron chi connectivity index (χ4n) is 3.24. The molecule has 1 saturated heterocycles. The van der Waals surface area contributed by atoms with Gasteiger partial charge in [-0.15, -0.1) is 0 Å². The number of rotatable bonds is 1. The van der Waals surface area contributed by atoms with E-state index in [9.17, 15) is 18.0 Å². The fraction of sp³-hybridized carbons (Fsp3) is 0.526. The quantitative estimate of drug-likeness (QED) is 0.711. The predicted octanol–water partition coefficient (Wildman–Crippen LogP) is 4.85. The fourth-order valence-corrected chi connectivity index (χ4v) is 3.24. The van der Waals surface area contributed by atoms with Crippen LogP contribution in [0.1, 0.15) is 44.7 Å². The van der Waals surface area contributed by atoms with E-state index in [1.807, 2.05) is 20.8 Å². The number of carbonyl (C=O) groups is 1. The summed E-state index contributed by atoms with van der Waals surface area (Å²) in [5.41, 5.74) is -0.218. The van der Waals surface area contributed by atoms with Crippen LogP contribution in [0, 0.1) is 0 Å². The number of halogens is 3. The average molecular weight is 369 g/mol. The second-order valence-electron chi connectivity index (χ2n) is 7.85. The number of likely N-dealkylation sites (tertiary alicyclic amines) is 1. The number of alkyl halides is 3. The Kier molecular flexibility index (Phi) is 4.45. The van der Waals surface area contributed by atoms with Crippen LogP contribution in [0.5, 0.6) is 0 Å². The molecule has 1 unspecified atom stereocenters. The van der Waals surface area contributed by atoms with E-state index >= 15 is 0 Å². The molecule has 2 aliphatic rings. The van der Waals surface area contributed by atoms with Gasteiger partial charge in [-0.05, 0) is 44.0 Å². The molecule has 1 atom stereocenters. The summed E-state index contributed by atoms with van der Waals surface area (Å²) in [4.78, 5) is 13.8. The van der Waals surface area contributed by atoms with Crippen molar-refractivity contribution < 1.29 is 27.4 Å². The predicted molar refractivity (Wildman–Crippen MR) is 90.3 cm³/mol. The molecular formula is C19H22F3NO3. The minimum atomic E-state index is -4.35. The first-order valence-electron chi connectivity index (χ1n) is 8.50. The molecular weight excluding hydrogens is 347 g/mol. The van der Waals surface area contributed by atoms with Crippen LogP contribution in [0.3, 0.4) is 0 Å². The molecule has 0 N–H and O–H groups in total. The lowest BCUT2D eigenvalue weighted by Gasteiger charge is -2.26. The van der Waals surface area contributed by atoms with Crippen LogP contribution >= 0.6 is 0 Å². The van der Waals surface area contributed by atoms with Crippen molar-refractivity contribution in [3.8, 4) is 0 Å². The topological polar surface area (TPSA) is 38.8 Å². The maximum absolute atomic E-state index is 12.7. The smallest absolute Gasteiger partial charge is 0.416 e. The average Bonchev–Trinajstić information content (AvgIpc) is 3.13. The highest BCUT2D eigenvalue weighted by molar-refractivity contribution is 5.70. The van der Waals surface area contributed by atoms with Crippen LogP contribution in [-0.2, 0) is 15.7 Å². The van der Waals surface area contributed by atoms with Gasteiger partial charge in [0.2, 0.25) is 0 Å². The van der Waals surface area contributed by atoms with E-state index in [0.717, 1.165) is 17.7 Å². The number of ether oxygens (including phenoxy) is 2. The van der Waals surface area contributed by atoms with E-state index in [1.54, 1.807) is 11.2 Å². The van der Waals surface area contributed by atoms with E-state index in [2.05, 4.69) is 0 Å². The van der Waals surface area contributed by atoms with Gasteiger partial charge in [-0.1, -0.05) is 12.1 Å². The molecule has 1 spiro atoms. The lowest BCUT2D eigenvalue weighted by Crippen LogP contribution is -2.39. The highest BCUT2D eigenvalue weighted by Crippen LogP contribution is 2.41. The minimum absolute atomic E-state index is 0.374. The first kappa shape index (κ1) is 18.6. The molecule has 0 aliphatic carbocycles. The summed E-state index contributed by atoms with van der Waals surface area (Å²) in [6, 6.07) is 5.06. The molecule has 3 rings (SSSR count). The Balaban J connectivity index is 1.64. The summed E-state index contributed by atoms with van der Waals surface area (Å²) in [7, 11) is 0. The Labute approximate surface area is 150 Å². The van der Waals surface area contributed by atoms with Crippen molar-refractivity contribution in [2.24, 2.45) is 0 Å². The van der Waals surface area contributed by atoms with Crippen molar-refractivity contribution >= 4 is 11.7 Å². The first-order valence-corrected chi connectivity index (χ1v) is 8.50. The van der Waals surface area contributed by atoms with Crippen LogP contribution in [0.15, 0.2) is 30.5 Å². The zero-order chi connectivity index (χ0) is 19.2. The molecule has 0 aromatic heterocycles. The lowest BCUT2D eigenvalue weighted by atomic mass is 9.92. The molecule has 7 heteroatoms. The number of hydrogen-bond donors (Lipinski definition) is 0. The van der Waals surface area contributed by atoms with Crippen molar-refractivity contribution in [2.75, 3.05) is 13.1 Å². The molecule has 1 fully saturated rings. The molecule has 2 heterocycles. The standard InChI is InChI=1S/C19H22F3NO3/c1-17(2,3)26-16(24)23-9-8-18(12-23)10-14(11-25-18)13-4-6-15(7-5-13)19(20,21)22/h4-7,11H,8-10,12H2,1-3H3. The van der Waals surface area contributed by atoms with E-state index in [1.165, 1.54) is 12.1 Å². The van der Waals surface area contributed by atoms with Gasteiger partial charge in [0.1, 0.15) is 11.2 Å². The Bertz CT molecular complexity index is 719. The van der Waals surface area contributed by atoms with Gasteiger partial charge in [-0.3, -0.25) is 0 Å². The Morgan fingerprint density at radius 2 is 1.85 bits per heavy atom. The number of benzene rings is 1. The number of nitrogens with zero attached hydrogens (tertiary/aromatic N) is 1. The van der Waals surface area contributed by atoms with Gasteiger partial charge < -0.3 is 14.4 Å². The van der Waals surface area contributed by atoms with Crippen molar-refractivity contribution in [1.29, 1.82) is 0 Å². The summed E-state index contributed by atoms with van der Waals surface area (Å²) in [6.07, 6.45) is -1.91. The second kappa shape index (κ2) is 6.21. The van der Waals surface area contributed by atoms with E-state index < -0.39 is 22.9 Å². The number of carbonyl (C=O) groups excluding carboxylic acids is 1. The molecule has 1 amide bonds. The molecule has 26 heavy (non-hydrogen) atoms. The van der Waals surface area contributed by atoms with Crippen molar-refractivity contribution in [1.82, 2.24) is 4.90 Å². The Hall–Kier alpha value is -2.18. The summed E-state index contributed by atoms with van der Waals surface area (Å²) >= 11 is 0. The molecule has 4 nitrogen and oxygen atoms in total. The van der Waals surface area contributed by atoms with Crippen molar-refractivity contribution in [2.45, 2.75) is 51.0 Å². The highest BCUT2D eigenvalue weighted by atomic mass is 19.4. The maximum Gasteiger partial charge on any atom is 0.416 e. The van der Waals surface area contributed by atoms with E-state index in [0.29, 0.717) is 31.5 Å². The zero-order valence-electron chi connectivity index (χ0n) is 15.0. The number of hydrogen-bond acceptors (Lipinski definition) is 3. The van der Waals surface area contributed by atoms with E-state index in [-0.39, 0.29) is 6.09 Å². The van der Waals surface area contributed by atoms with Crippen molar-refractivity contribution in [3.05, 3.63) is 41.7 Å². The summed E-state index contributed by atoms with van der Waals surface area (Å²) in [5, 5.41) is 0. The Morgan fingerprint density at radius 1 is 1.19 bits per heavy atom. The number of amides is 1. The zero-order valence-corrected chi connectivity index (χ0v) is 15.0. The molecule has 142 valence electrons. The third-order valence-electron chi connectivity index (χ3n) is 4.51. The van der Waals surface area contributed by atoms with Gasteiger partial charge in [-0.25, -0.2) is 4.79 Å². The Morgan fingerprint density at radius 3 is 2.42 bits per heavy atom. The minimum Gasteiger partial charge on any atom is -0.492 e. The van der Waals surface area contributed by atoms with Crippen molar-refractivity contribution in [3.63, 3.8) is 0 Å². The van der Waals surface area contributed by atoms with Gasteiger partial charge in [-0.2, -0.15) is 13.2 Å². The van der Waals surface area contributed by atoms with Gasteiger partial charge in [0.25, 0.3) is 0 Å². The largest absolute Gasteiger partial charge is 0.492 e.